The molecule has 0 bridgehead atoms. The van der Waals surface area contributed by atoms with E-state index in [0.29, 0.717) is 5.92 Å². The van der Waals surface area contributed by atoms with E-state index in [1.807, 2.05) is 18.2 Å². The number of nitrogens with one attached hydrogen (secondary N) is 1. The van der Waals surface area contributed by atoms with Crippen LogP contribution in [-0.4, -0.2) is 12.7 Å². The van der Waals surface area contributed by atoms with Crippen molar-refractivity contribution in [3.05, 3.63) is 35.9 Å². The summed E-state index contributed by atoms with van der Waals surface area (Å²) in [6.07, 6.45) is 6.25. The Balaban J connectivity index is 1.82. The van der Waals surface area contributed by atoms with Gasteiger partial charge in [0.05, 0.1) is 0 Å². The first kappa shape index (κ1) is 12.6. The Morgan fingerprint density at radius 3 is 2.47 bits per heavy atom. The molecule has 1 aromatic carbocycles. The van der Waals surface area contributed by atoms with Gasteiger partial charge in [0.15, 0.2) is 0 Å². The highest BCUT2D eigenvalue weighted by molar-refractivity contribution is 5.14. The van der Waals surface area contributed by atoms with Gasteiger partial charge >= 0.3 is 0 Å². The predicted octanol–water partition coefficient (Wildman–Crippen LogP) is 3.69. The van der Waals surface area contributed by atoms with Gasteiger partial charge in [0.2, 0.25) is 0 Å². The summed E-state index contributed by atoms with van der Waals surface area (Å²) in [4.78, 5) is 0. The van der Waals surface area contributed by atoms with Gasteiger partial charge in [-0.2, -0.15) is 0 Å². The van der Waals surface area contributed by atoms with Gasteiger partial charge < -0.3 is 5.32 Å². The highest BCUT2D eigenvalue weighted by Gasteiger charge is 2.22. The van der Waals surface area contributed by atoms with Crippen LogP contribution in [0.15, 0.2) is 30.3 Å². The second-order valence-corrected chi connectivity index (χ2v) is 5.03. The van der Waals surface area contributed by atoms with Gasteiger partial charge in [0, 0.05) is 12.6 Å². The quantitative estimate of drug-likeness (QED) is 0.820. The number of hydrogen-bond donors (Lipinski definition) is 1. The SMILES string of the molecule is FCC(NCc1ccccc1)C1CCCCC1. The lowest BCUT2D eigenvalue weighted by atomic mass is 9.84. The van der Waals surface area contributed by atoms with Crippen LogP contribution in [0.25, 0.3) is 0 Å². The first-order chi connectivity index (χ1) is 8.40. The number of halogens is 1. The third-order valence-corrected chi connectivity index (χ3v) is 3.80. The molecular weight excluding hydrogens is 213 g/mol. The zero-order valence-corrected chi connectivity index (χ0v) is 10.4. The van der Waals surface area contributed by atoms with Gasteiger partial charge in [-0.25, -0.2) is 4.39 Å². The first-order valence-corrected chi connectivity index (χ1v) is 6.73. The maximum atomic E-state index is 13.1. The van der Waals surface area contributed by atoms with Crippen molar-refractivity contribution in [1.29, 1.82) is 0 Å². The minimum Gasteiger partial charge on any atom is -0.307 e. The molecule has 1 fully saturated rings. The van der Waals surface area contributed by atoms with Crippen molar-refractivity contribution in [2.24, 2.45) is 5.92 Å². The third-order valence-electron chi connectivity index (χ3n) is 3.80. The van der Waals surface area contributed by atoms with E-state index in [9.17, 15) is 4.39 Å². The van der Waals surface area contributed by atoms with Crippen LogP contribution in [0.4, 0.5) is 4.39 Å². The second-order valence-electron chi connectivity index (χ2n) is 5.03. The maximum absolute atomic E-state index is 13.1. The van der Waals surface area contributed by atoms with Gasteiger partial charge in [-0.1, -0.05) is 49.6 Å². The standard InChI is InChI=1S/C15H22FN/c16-11-15(14-9-5-2-6-10-14)17-12-13-7-3-1-4-8-13/h1,3-4,7-8,14-15,17H,2,5-6,9-12H2. The number of benzene rings is 1. The molecule has 2 rings (SSSR count). The molecule has 0 aliphatic heterocycles. The van der Waals surface area contributed by atoms with Crippen molar-refractivity contribution >= 4 is 0 Å². The van der Waals surface area contributed by atoms with E-state index in [0.717, 1.165) is 6.54 Å². The van der Waals surface area contributed by atoms with Gasteiger partial charge in [0.25, 0.3) is 0 Å². The van der Waals surface area contributed by atoms with E-state index in [1.165, 1.54) is 37.7 Å². The lowest BCUT2D eigenvalue weighted by molar-refractivity contribution is 0.228. The fourth-order valence-electron chi connectivity index (χ4n) is 2.73. The molecule has 0 radical (unpaired) electrons. The Morgan fingerprint density at radius 1 is 1.12 bits per heavy atom. The molecule has 1 aliphatic rings. The fourth-order valence-corrected chi connectivity index (χ4v) is 2.73. The van der Waals surface area contributed by atoms with E-state index in [1.54, 1.807) is 0 Å². The average Bonchev–Trinajstić information content (AvgIpc) is 2.42. The lowest BCUT2D eigenvalue weighted by Crippen LogP contribution is -2.38. The summed E-state index contributed by atoms with van der Waals surface area (Å²) >= 11 is 0. The maximum Gasteiger partial charge on any atom is 0.105 e. The van der Waals surface area contributed by atoms with Crippen molar-refractivity contribution in [3.63, 3.8) is 0 Å². The van der Waals surface area contributed by atoms with Crippen molar-refractivity contribution in [3.8, 4) is 0 Å². The topological polar surface area (TPSA) is 12.0 Å². The zero-order valence-electron chi connectivity index (χ0n) is 10.4. The van der Waals surface area contributed by atoms with E-state index in [-0.39, 0.29) is 12.7 Å². The van der Waals surface area contributed by atoms with Crippen LogP contribution in [-0.2, 0) is 6.54 Å². The minimum absolute atomic E-state index is 0.0514. The Kier molecular flexibility index (Phi) is 4.99. The monoisotopic (exact) mass is 235 g/mol. The third kappa shape index (κ3) is 3.81. The van der Waals surface area contributed by atoms with Gasteiger partial charge in [-0.15, -0.1) is 0 Å². The fraction of sp³-hybridized carbons (Fsp3) is 0.600. The summed E-state index contributed by atoms with van der Waals surface area (Å²) in [5.41, 5.74) is 1.24. The summed E-state index contributed by atoms with van der Waals surface area (Å²) in [5, 5.41) is 3.38. The normalized spacial score (nSPS) is 19.1. The molecule has 1 nitrogen and oxygen atoms in total. The Bertz CT molecular complexity index is 306. The molecule has 1 saturated carbocycles. The van der Waals surface area contributed by atoms with Crippen LogP contribution in [0.3, 0.4) is 0 Å². The van der Waals surface area contributed by atoms with Crippen LogP contribution < -0.4 is 5.32 Å². The molecule has 2 heteroatoms. The molecule has 1 atom stereocenters. The second kappa shape index (κ2) is 6.75. The summed E-state index contributed by atoms with van der Waals surface area (Å²) in [7, 11) is 0. The molecular formula is C15H22FN. The van der Waals surface area contributed by atoms with E-state index < -0.39 is 0 Å². The number of rotatable bonds is 5. The van der Waals surface area contributed by atoms with Gasteiger partial charge in [0.1, 0.15) is 6.67 Å². The Morgan fingerprint density at radius 2 is 1.82 bits per heavy atom. The van der Waals surface area contributed by atoms with Crippen LogP contribution in [0.5, 0.6) is 0 Å². The van der Waals surface area contributed by atoms with Gasteiger partial charge in [-0.3, -0.25) is 0 Å². The molecule has 17 heavy (non-hydrogen) atoms. The highest BCUT2D eigenvalue weighted by Crippen LogP contribution is 2.26. The van der Waals surface area contributed by atoms with E-state index >= 15 is 0 Å². The predicted molar refractivity (Wildman–Crippen MR) is 69.6 cm³/mol. The van der Waals surface area contributed by atoms with Crippen molar-refractivity contribution < 1.29 is 4.39 Å². The number of alkyl halides is 1. The van der Waals surface area contributed by atoms with Crippen LogP contribution in [0, 0.1) is 5.92 Å². The van der Waals surface area contributed by atoms with Gasteiger partial charge in [-0.05, 0) is 24.3 Å². The molecule has 1 aromatic rings. The summed E-state index contributed by atoms with van der Waals surface area (Å²) in [6.45, 7) is 0.545. The van der Waals surface area contributed by atoms with Crippen molar-refractivity contribution in [1.82, 2.24) is 5.32 Å². The average molecular weight is 235 g/mol. The van der Waals surface area contributed by atoms with Crippen molar-refractivity contribution in [2.45, 2.75) is 44.7 Å². The molecule has 0 saturated heterocycles. The highest BCUT2D eigenvalue weighted by atomic mass is 19.1. The minimum atomic E-state index is -0.239. The van der Waals surface area contributed by atoms with Crippen LogP contribution in [0.2, 0.25) is 0 Å². The van der Waals surface area contributed by atoms with Crippen LogP contribution >= 0.6 is 0 Å². The largest absolute Gasteiger partial charge is 0.307 e. The lowest BCUT2D eigenvalue weighted by Gasteiger charge is -2.29. The van der Waals surface area contributed by atoms with Crippen LogP contribution in [0.1, 0.15) is 37.7 Å². The van der Waals surface area contributed by atoms with Crippen molar-refractivity contribution in [2.75, 3.05) is 6.67 Å². The smallest absolute Gasteiger partial charge is 0.105 e. The zero-order chi connectivity index (χ0) is 11.9. The first-order valence-electron chi connectivity index (χ1n) is 6.73. The summed E-state index contributed by atoms with van der Waals surface area (Å²) in [5.74, 6) is 0.539. The Hall–Kier alpha value is -0.890. The molecule has 1 aliphatic carbocycles. The molecule has 1 unspecified atom stereocenters. The molecule has 94 valence electrons. The summed E-state index contributed by atoms with van der Waals surface area (Å²) in [6, 6.07) is 10.3. The molecule has 1 N–H and O–H groups in total. The van der Waals surface area contributed by atoms with E-state index in [4.69, 9.17) is 0 Å². The van der Waals surface area contributed by atoms with E-state index in [2.05, 4.69) is 17.4 Å². The summed E-state index contributed by atoms with van der Waals surface area (Å²) < 4.78 is 13.1. The molecule has 0 spiro atoms. The number of hydrogen-bond acceptors (Lipinski definition) is 1. The molecule has 0 heterocycles. The molecule has 0 aromatic heterocycles. The molecule has 0 amide bonds. The Labute approximate surface area is 103 Å².